The highest BCUT2D eigenvalue weighted by atomic mass is 16.2. The minimum absolute atomic E-state index is 0.144. The molecule has 3 amide bonds. The molecule has 33 heavy (non-hydrogen) atoms. The third kappa shape index (κ3) is 2.82. The minimum atomic E-state index is -0.670. The van der Waals surface area contributed by atoms with Crippen molar-refractivity contribution in [2.45, 2.75) is 57.3 Å². The number of hydrogen-bond donors (Lipinski definition) is 1. The highest BCUT2D eigenvalue weighted by molar-refractivity contribution is 6.02. The molecule has 0 saturated carbocycles. The van der Waals surface area contributed by atoms with Gasteiger partial charge < -0.3 is 10.2 Å². The predicted octanol–water partition coefficient (Wildman–Crippen LogP) is 3.17. The second-order valence-electron chi connectivity index (χ2n) is 9.89. The van der Waals surface area contributed by atoms with Gasteiger partial charge in [0.25, 0.3) is 0 Å². The van der Waals surface area contributed by atoms with E-state index in [9.17, 15) is 14.4 Å². The van der Waals surface area contributed by atoms with Crippen LogP contribution in [0.15, 0.2) is 67.3 Å². The van der Waals surface area contributed by atoms with Crippen LogP contribution in [0.2, 0.25) is 0 Å². The summed E-state index contributed by atoms with van der Waals surface area (Å²) in [6.45, 7) is 9.78. The molecule has 3 heterocycles. The van der Waals surface area contributed by atoms with Crippen LogP contribution in [0.5, 0.6) is 0 Å². The molecule has 3 aliphatic heterocycles. The zero-order valence-electron chi connectivity index (χ0n) is 19.2. The molecule has 0 spiro atoms. The van der Waals surface area contributed by atoms with Crippen molar-refractivity contribution in [3.8, 4) is 0 Å². The van der Waals surface area contributed by atoms with Crippen molar-refractivity contribution < 1.29 is 14.4 Å². The highest BCUT2D eigenvalue weighted by Crippen LogP contribution is 2.62. The van der Waals surface area contributed by atoms with E-state index in [1.54, 1.807) is 9.80 Å². The second kappa shape index (κ2) is 7.30. The van der Waals surface area contributed by atoms with Crippen LogP contribution < -0.4 is 10.2 Å². The Morgan fingerprint density at radius 2 is 1.82 bits per heavy atom. The Kier molecular flexibility index (Phi) is 4.74. The number of carbonyl (C=O) groups is 3. The lowest BCUT2D eigenvalue weighted by atomic mass is 9.60. The maximum absolute atomic E-state index is 13.9. The Labute approximate surface area is 194 Å². The average Bonchev–Trinajstić information content (AvgIpc) is 3.30. The van der Waals surface area contributed by atoms with Gasteiger partial charge in [0, 0.05) is 24.4 Å². The van der Waals surface area contributed by atoms with Crippen LogP contribution in [0, 0.1) is 5.41 Å². The molecule has 1 N–H and O–H groups in total. The Bertz CT molecular complexity index is 1160. The molecule has 0 radical (unpaired) electrons. The zero-order valence-corrected chi connectivity index (χ0v) is 19.2. The molecule has 0 bridgehead atoms. The van der Waals surface area contributed by atoms with Crippen LogP contribution in [-0.4, -0.2) is 40.9 Å². The summed E-state index contributed by atoms with van der Waals surface area (Å²) in [5.41, 5.74) is 1.65. The normalized spacial score (nSPS) is 28.2. The summed E-state index contributed by atoms with van der Waals surface area (Å²) in [5.74, 6) is -0.451. The van der Waals surface area contributed by atoms with Crippen LogP contribution >= 0.6 is 0 Å². The van der Waals surface area contributed by atoms with Crippen molar-refractivity contribution in [1.82, 2.24) is 10.2 Å². The van der Waals surface area contributed by atoms with Gasteiger partial charge in [-0.1, -0.05) is 68.5 Å². The Morgan fingerprint density at radius 3 is 2.48 bits per heavy atom. The zero-order chi connectivity index (χ0) is 23.5. The van der Waals surface area contributed by atoms with Crippen LogP contribution in [0.1, 0.15) is 38.3 Å². The molecule has 6 heteroatoms. The van der Waals surface area contributed by atoms with Gasteiger partial charge in [-0.05, 0) is 29.0 Å². The molecular weight excluding hydrogens is 414 g/mol. The standard InChI is InChI=1S/C27H29N3O3/c1-5-26(3,4)27-16-22-23(32)28-20(15-18-11-7-6-8-12-18)24(33)30(22)25(27)29(17(2)31)21-14-10-9-13-19(21)27/h5-14,20,22,25H,1,15-16H2,2-4H3,(H,28,32)/t20-,22-,25-,27+/m0/s1. The fourth-order valence-electron chi connectivity index (χ4n) is 6.16. The molecule has 3 aliphatic rings. The molecule has 0 aliphatic carbocycles. The number of rotatable bonds is 4. The molecule has 170 valence electrons. The first-order chi connectivity index (χ1) is 15.7. The third-order valence-electron chi connectivity index (χ3n) is 7.90. The molecule has 0 unspecified atom stereocenters. The van der Waals surface area contributed by atoms with Crippen molar-refractivity contribution in [2.75, 3.05) is 4.90 Å². The number of amides is 3. The van der Waals surface area contributed by atoms with E-state index in [1.807, 2.05) is 60.7 Å². The maximum Gasteiger partial charge on any atom is 0.247 e. The second-order valence-corrected chi connectivity index (χ2v) is 9.89. The molecule has 2 aromatic carbocycles. The van der Waals surface area contributed by atoms with E-state index in [-0.39, 0.29) is 17.7 Å². The van der Waals surface area contributed by atoms with Gasteiger partial charge in [0.15, 0.2) is 0 Å². The number of para-hydroxylation sites is 1. The maximum atomic E-state index is 13.9. The Morgan fingerprint density at radius 1 is 1.15 bits per heavy atom. The van der Waals surface area contributed by atoms with Crippen molar-refractivity contribution in [1.29, 1.82) is 0 Å². The fraction of sp³-hybridized carbons (Fsp3) is 0.370. The number of hydrogen-bond acceptors (Lipinski definition) is 3. The number of nitrogens with one attached hydrogen (secondary N) is 1. The summed E-state index contributed by atoms with van der Waals surface area (Å²) in [6.07, 6.45) is 2.16. The largest absolute Gasteiger partial charge is 0.342 e. The average molecular weight is 444 g/mol. The lowest BCUT2D eigenvalue weighted by molar-refractivity contribution is -0.149. The molecule has 0 aromatic heterocycles. The lowest BCUT2D eigenvalue weighted by Crippen LogP contribution is -2.66. The monoisotopic (exact) mass is 443 g/mol. The van der Waals surface area contributed by atoms with Gasteiger partial charge in [-0.2, -0.15) is 0 Å². The lowest BCUT2D eigenvalue weighted by Gasteiger charge is -2.46. The van der Waals surface area contributed by atoms with E-state index >= 15 is 0 Å². The molecule has 4 atom stereocenters. The van der Waals surface area contributed by atoms with Gasteiger partial charge >= 0.3 is 0 Å². The number of benzene rings is 2. The van der Waals surface area contributed by atoms with Gasteiger partial charge in [-0.25, -0.2) is 0 Å². The first-order valence-electron chi connectivity index (χ1n) is 11.4. The third-order valence-corrected chi connectivity index (χ3v) is 7.90. The van der Waals surface area contributed by atoms with E-state index in [2.05, 4.69) is 25.7 Å². The summed E-state index contributed by atoms with van der Waals surface area (Å²) in [5, 5.41) is 2.97. The predicted molar refractivity (Wildman–Crippen MR) is 126 cm³/mol. The van der Waals surface area contributed by atoms with Crippen LogP contribution in [-0.2, 0) is 26.2 Å². The summed E-state index contributed by atoms with van der Waals surface area (Å²) in [6, 6.07) is 16.2. The summed E-state index contributed by atoms with van der Waals surface area (Å²) < 4.78 is 0. The van der Waals surface area contributed by atoms with Gasteiger partial charge in [0.05, 0.1) is 0 Å². The first-order valence-corrected chi connectivity index (χ1v) is 11.4. The smallest absolute Gasteiger partial charge is 0.247 e. The van der Waals surface area contributed by atoms with E-state index in [0.717, 1.165) is 16.8 Å². The van der Waals surface area contributed by atoms with Gasteiger partial charge in [-0.3, -0.25) is 19.3 Å². The molecule has 2 saturated heterocycles. The van der Waals surface area contributed by atoms with Crippen LogP contribution in [0.3, 0.4) is 0 Å². The Hall–Kier alpha value is -3.41. The SMILES string of the molecule is C=CC(C)(C)[C@@]12C[C@H]3C(=O)N[C@@H](Cc4ccccc4)C(=O)N3[C@@H]1N(C(C)=O)c1ccccc12. The topological polar surface area (TPSA) is 69.7 Å². The molecular formula is C27H29N3O3. The Balaban J connectivity index is 1.66. The quantitative estimate of drug-likeness (QED) is 0.738. The minimum Gasteiger partial charge on any atom is -0.342 e. The van der Waals surface area contributed by atoms with E-state index in [0.29, 0.717) is 12.8 Å². The van der Waals surface area contributed by atoms with Crippen molar-refractivity contribution >= 4 is 23.4 Å². The number of piperazine rings is 1. The number of carbonyl (C=O) groups excluding carboxylic acids is 3. The summed E-state index contributed by atoms with van der Waals surface area (Å²) in [7, 11) is 0. The molecule has 2 fully saturated rings. The summed E-state index contributed by atoms with van der Waals surface area (Å²) >= 11 is 0. The number of allylic oxidation sites excluding steroid dienone is 1. The van der Waals surface area contributed by atoms with Crippen molar-refractivity contribution in [3.05, 3.63) is 78.4 Å². The number of nitrogens with zero attached hydrogens (tertiary/aromatic N) is 2. The van der Waals surface area contributed by atoms with Gasteiger partial charge in [0.2, 0.25) is 17.7 Å². The molecule has 2 aromatic rings. The van der Waals surface area contributed by atoms with Crippen molar-refractivity contribution in [3.63, 3.8) is 0 Å². The van der Waals surface area contributed by atoms with E-state index in [1.165, 1.54) is 6.92 Å². The van der Waals surface area contributed by atoms with Crippen LogP contribution in [0.25, 0.3) is 0 Å². The van der Waals surface area contributed by atoms with Crippen LogP contribution in [0.4, 0.5) is 5.69 Å². The fourth-order valence-corrected chi connectivity index (χ4v) is 6.16. The van der Waals surface area contributed by atoms with E-state index < -0.39 is 29.1 Å². The van der Waals surface area contributed by atoms with E-state index in [4.69, 9.17) is 0 Å². The first kappa shape index (κ1) is 21.4. The molecule has 5 rings (SSSR count). The number of anilines is 1. The van der Waals surface area contributed by atoms with Crippen molar-refractivity contribution in [2.24, 2.45) is 5.41 Å². The highest BCUT2D eigenvalue weighted by Gasteiger charge is 2.69. The molecule has 6 nitrogen and oxygen atoms in total. The van der Waals surface area contributed by atoms with Gasteiger partial charge in [-0.15, -0.1) is 6.58 Å². The summed E-state index contributed by atoms with van der Waals surface area (Å²) in [4.78, 5) is 43.7. The van der Waals surface area contributed by atoms with Gasteiger partial charge in [0.1, 0.15) is 18.2 Å². The number of fused-ring (bicyclic) bond motifs is 5.